The summed E-state index contributed by atoms with van der Waals surface area (Å²) in [6.07, 6.45) is 1.91. The molecule has 30 heavy (non-hydrogen) atoms. The summed E-state index contributed by atoms with van der Waals surface area (Å²) in [5.74, 6) is 1.43. The predicted molar refractivity (Wildman–Crippen MR) is 118 cm³/mol. The molecule has 0 aliphatic carbocycles. The molecule has 5 heteroatoms. The van der Waals surface area contributed by atoms with Crippen LogP contribution in [0.2, 0.25) is 5.02 Å². The molecule has 1 amide bonds. The standard InChI is InChI=1S/C25H24ClNO3/c1-29-23-10-4-5-11-24(23)30-17-18-12-14-19(15-13-18)25(28)27-16-6-9-22(27)20-7-2-3-8-21(20)26/h2-5,7-8,10-15,22H,6,9,16-17H2,1H3/t22-/m1/s1. The van der Waals surface area contributed by atoms with Gasteiger partial charge in [0.1, 0.15) is 6.61 Å². The van der Waals surface area contributed by atoms with Gasteiger partial charge in [-0.3, -0.25) is 4.79 Å². The zero-order chi connectivity index (χ0) is 20.9. The number of hydrogen-bond acceptors (Lipinski definition) is 3. The maximum absolute atomic E-state index is 13.2. The highest BCUT2D eigenvalue weighted by Gasteiger charge is 2.31. The molecular weight excluding hydrogens is 398 g/mol. The lowest BCUT2D eigenvalue weighted by Crippen LogP contribution is -2.30. The van der Waals surface area contributed by atoms with Crippen LogP contribution in [-0.2, 0) is 6.61 Å². The third-order valence-corrected chi connectivity index (χ3v) is 5.79. The average Bonchev–Trinajstić information content (AvgIpc) is 3.27. The Hall–Kier alpha value is -2.98. The summed E-state index contributed by atoms with van der Waals surface area (Å²) in [5, 5.41) is 0.714. The number of carbonyl (C=O) groups is 1. The van der Waals surface area contributed by atoms with Gasteiger partial charge in [0, 0.05) is 17.1 Å². The molecule has 0 spiro atoms. The maximum atomic E-state index is 13.2. The molecule has 0 bridgehead atoms. The van der Waals surface area contributed by atoms with Gasteiger partial charge in [0.15, 0.2) is 11.5 Å². The summed E-state index contributed by atoms with van der Waals surface area (Å²) in [4.78, 5) is 15.1. The number of carbonyl (C=O) groups excluding carboxylic acids is 1. The van der Waals surface area contributed by atoms with E-state index in [9.17, 15) is 4.79 Å². The van der Waals surface area contributed by atoms with Crippen molar-refractivity contribution in [2.75, 3.05) is 13.7 Å². The minimum Gasteiger partial charge on any atom is -0.493 e. The number of benzene rings is 3. The Balaban J connectivity index is 1.44. The van der Waals surface area contributed by atoms with Gasteiger partial charge in [0.05, 0.1) is 13.2 Å². The van der Waals surface area contributed by atoms with E-state index >= 15 is 0 Å². The molecule has 4 nitrogen and oxygen atoms in total. The molecule has 0 unspecified atom stereocenters. The van der Waals surface area contributed by atoms with Crippen molar-refractivity contribution >= 4 is 17.5 Å². The SMILES string of the molecule is COc1ccccc1OCc1ccc(C(=O)N2CCC[C@@H]2c2ccccc2Cl)cc1. The normalized spacial score (nSPS) is 15.8. The number of para-hydroxylation sites is 2. The molecule has 1 atom stereocenters. The minimum atomic E-state index is 0.0276. The van der Waals surface area contributed by atoms with E-state index in [1.54, 1.807) is 7.11 Å². The van der Waals surface area contributed by atoms with Gasteiger partial charge in [-0.1, -0.05) is 54.1 Å². The molecular formula is C25H24ClNO3. The number of likely N-dealkylation sites (tertiary alicyclic amines) is 1. The third kappa shape index (κ3) is 4.29. The highest BCUT2D eigenvalue weighted by Crippen LogP contribution is 2.36. The lowest BCUT2D eigenvalue weighted by atomic mass is 10.0. The van der Waals surface area contributed by atoms with Crippen LogP contribution in [0.15, 0.2) is 72.8 Å². The highest BCUT2D eigenvalue weighted by atomic mass is 35.5. The third-order valence-electron chi connectivity index (χ3n) is 5.44. The van der Waals surface area contributed by atoms with Gasteiger partial charge in [-0.15, -0.1) is 0 Å². The maximum Gasteiger partial charge on any atom is 0.254 e. The lowest BCUT2D eigenvalue weighted by Gasteiger charge is -2.26. The largest absolute Gasteiger partial charge is 0.493 e. The van der Waals surface area contributed by atoms with E-state index < -0.39 is 0 Å². The van der Waals surface area contributed by atoms with Crippen LogP contribution in [0.5, 0.6) is 11.5 Å². The fraction of sp³-hybridized carbons (Fsp3) is 0.240. The van der Waals surface area contributed by atoms with E-state index in [-0.39, 0.29) is 11.9 Å². The Morgan fingerprint density at radius 1 is 1.00 bits per heavy atom. The van der Waals surface area contributed by atoms with Crippen LogP contribution in [-0.4, -0.2) is 24.5 Å². The summed E-state index contributed by atoms with van der Waals surface area (Å²) in [6, 6.07) is 23.0. The van der Waals surface area contributed by atoms with Crippen LogP contribution in [0.25, 0.3) is 0 Å². The van der Waals surface area contributed by atoms with Gasteiger partial charge in [-0.05, 0) is 54.3 Å². The van der Waals surface area contributed by atoms with Crippen LogP contribution in [0.3, 0.4) is 0 Å². The number of amides is 1. The topological polar surface area (TPSA) is 38.8 Å². The van der Waals surface area contributed by atoms with Crippen LogP contribution in [0, 0.1) is 0 Å². The van der Waals surface area contributed by atoms with Crippen LogP contribution in [0.1, 0.15) is 40.4 Å². The summed E-state index contributed by atoms with van der Waals surface area (Å²) in [6.45, 7) is 1.15. The first-order valence-corrected chi connectivity index (χ1v) is 10.5. The van der Waals surface area contributed by atoms with Crippen molar-refractivity contribution in [3.05, 3.63) is 94.5 Å². The Morgan fingerprint density at radius 2 is 1.70 bits per heavy atom. The fourth-order valence-electron chi connectivity index (χ4n) is 3.89. The first-order chi connectivity index (χ1) is 14.7. The summed E-state index contributed by atoms with van der Waals surface area (Å²) in [7, 11) is 1.62. The van der Waals surface area contributed by atoms with Crippen molar-refractivity contribution in [3.8, 4) is 11.5 Å². The van der Waals surface area contributed by atoms with Gasteiger partial charge in [-0.2, -0.15) is 0 Å². The number of ether oxygens (including phenoxy) is 2. The van der Waals surface area contributed by atoms with E-state index in [1.807, 2.05) is 77.7 Å². The molecule has 3 aromatic rings. The summed E-state index contributed by atoms with van der Waals surface area (Å²) < 4.78 is 11.2. The first-order valence-electron chi connectivity index (χ1n) is 10.1. The Labute approximate surface area is 182 Å². The molecule has 1 aliphatic heterocycles. The molecule has 0 saturated carbocycles. The molecule has 4 rings (SSSR count). The van der Waals surface area contributed by atoms with E-state index in [0.29, 0.717) is 28.7 Å². The molecule has 1 heterocycles. The number of rotatable bonds is 6. The predicted octanol–water partition coefficient (Wildman–Crippen LogP) is 5.90. The van der Waals surface area contributed by atoms with Crippen molar-refractivity contribution in [1.29, 1.82) is 0 Å². The van der Waals surface area contributed by atoms with Gasteiger partial charge >= 0.3 is 0 Å². The van der Waals surface area contributed by atoms with Crippen LogP contribution < -0.4 is 9.47 Å². The number of halogens is 1. The van der Waals surface area contributed by atoms with Crippen LogP contribution in [0.4, 0.5) is 0 Å². The molecule has 0 radical (unpaired) electrons. The second-order valence-corrected chi connectivity index (χ2v) is 7.72. The Bertz CT molecular complexity index is 1020. The van der Waals surface area contributed by atoms with Crippen molar-refractivity contribution in [2.45, 2.75) is 25.5 Å². The van der Waals surface area contributed by atoms with Crippen molar-refractivity contribution in [1.82, 2.24) is 4.90 Å². The monoisotopic (exact) mass is 421 g/mol. The van der Waals surface area contributed by atoms with Crippen molar-refractivity contribution in [3.63, 3.8) is 0 Å². The molecule has 3 aromatic carbocycles. The van der Waals surface area contributed by atoms with Crippen LogP contribution >= 0.6 is 11.6 Å². The van der Waals surface area contributed by atoms with Gasteiger partial charge in [-0.25, -0.2) is 0 Å². The smallest absolute Gasteiger partial charge is 0.254 e. The van der Waals surface area contributed by atoms with E-state index in [2.05, 4.69) is 0 Å². The molecule has 0 N–H and O–H groups in total. The zero-order valence-electron chi connectivity index (χ0n) is 16.9. The second kappa shape index (κ2) is 9.23. The van der Waals surface area contributed by atoms with Crippen molar-refractivity contribution < 1.29 is 14.3 Å². The molecule has 1 fully saturated rings. The molecule has 1 saturated heterocycles. The number of hydrogen-bond donors (Lipinski definition) is 0. The Kier molecular flexibility index (Phi) is 6.24. The van der Waals surface area contributed by atoms with E-state index in [0.717, 1.165) is 30.5 Å². The van der Waals surface area contributed by atoms with E-state index in [1.165, 1.54) is 0 Å². The quantitative estimate of drug-likeness (QED) is 0.497. The molecule has 154 valence electrons. The lowest BCUT2D eigenvalue weighted by molar-refractivity contribution is 0.0735. The fourth-order valence-corrected chi connectivity index (χ4v) is 4.15. The zero-order valence-corrected chi connectivity index (χ0v) is 17.6. The Morgan fingerprint density at radius 3 is 2.43 bits per heavy atom. The minimum absolute atomic E-state index is 0.0276. The first kappa shape index (κ1) is 20.3. The van der Waals surface area contributed by atoms with Gasteiger partial charge in [0.2, 0.25) is 0 Å². The number of nitrogens with zero attached hydrogens (tertiary/aromatic N) is 1. The molecule has 1 aliphatic rings. The molecule has 0 aromatic heterocycles. The number of methoxy groups -OCH3 is 1. The summed E-state index contributed by atoms with van der Waals surface area (Å²) >= 11 is 6.39. The van der Waals surface area contributed by atoms with Gasteiger partial charge in [0.25, 0.3) is 5.91 Å². The second-order valence-electron chi connectivity index (χ2n) is 7.31. The summed E-state index contributed by atoms with van der Waals surface area (Å²) in [5.41, 5.74) is 2.68. The van der Waals surface area contributed by atoms with E-state index in [4.69, 9.17) is 21.1 Å². The van der Waals surface area contributed by atoms with Gasteiger partial charge < -0.3 is 14.4 Å². The highest BCUT2D eigenvalue weighted by molar-refractivity contribution is 6.31. The van der Waals surface area contributed by atoms with Crippen molar-refractivity contribution in [2.24, 2.45) is 0 Å². The average molecular weight is 422 g/mol.